The topological polar surface area (TPSA) is 66.6 Å². The summed E-state index contributed by atoms with van der Waals surface area (Å²) in [6.07, 6.45) is 0. The third kappa shape index (κ3) is 7.00. The quantitative estimate of drug-likeness (QED) is 0.159. The molecule has 386 valence electrons. The zero-order chi connectivity index (χ0) is 54.3. The second-order valence-corrected chi connectivity index (χ2v) is 22.6. The van der Waals surface area contributed by atoms with E-state index in [0.29, 0.717) is 17.6 Å². The highest BCUT2D eigenvalue weighted by Crippen LogP contribution is 2.46. The highest BCUT2D eigenvalue weighted by molar-refractivity contribution is 7.26. The minimum atomic E-state index is 0.549. The molecule has 0 saturated carbocycles. The fourth-order valence-electron chi connectivity index (χ4n) is 13.1. The van der Waals surface area contributed by atoms with E-state index in [2.05, 4.69) is 244 Å². The van der Waals surface area contributed by atoms with Crippen LogP contribution < -0.4 is 0 Å². The number of aromatic nitrogens is 6. The van der Waals surface area contributed by atoms with Gasteiger partial charge in [0.15, 0.2) is 11.6 Å². The van der Waals surface area contributed by atoms with Crippen molar-refractivity contribution in [1.82, 2.24) is 28.7 Å². The van der Waals surface area contributed by atoms with E-state index in [1.165, 1.54) is 47.4 Å². The van der Waals surface area contributed by atoms with Crippen LogP contribution in [0, 0.1) is 0 Å². The Bertz CT molecular complexity index is 5620. The lowest BCUT2D eigenvalue weighted by atomic mass is 9.98. The van der Waals surface area contributed by atoms with Crippen LogP contribution in [-0.4, -0.2) is 28.7 Å². The molecule has 7 nitrogen and oxygen atoms in total. The van der Waals surface area contributed by atoms with Crippen molar-refractivity contribution in [1.29, 1.82) is 0 Å². The fraction of sp³-hybridized carbons (Fsp3) is 0. The molecule has 0 aliphatic rings. The molecule has 18 rings (SSSR count). The molecule has 0 aliphatic carbocycles. The minimum Gasteiger partial charge on any atom is -0.456 e. The van der Waals surface area contributed by atoms with Crippen molar-refractivity contribution in [3.05, 3.63) is 267 Å². The lowest BCUT2D eigenvalue weighted by Crippen LogP contribution is -2.06. The molecule has 0 aliphatic heterocycles. The summed E-state index contributed by atoms with van der Waals surface area (Å²) in [5, 5.41) is 11.7. The predicted molar refractivity (Wildman–Crippen MR) is 345 cm³/mol. The lowest BCUT2D eigenvalue weighted by molar-refractivity contribution is 0.669. The standard InChI is InChI=1S/C75H44N6OS/c1-5-17-45(18-6-1)73-76-74(46-19-7-2-8-20-46)78-75(77-73)81-65-36-30-48(40-58(65)60-44-66-59(43-67(60)81)53-25-13-15-27-63(53)79(66)51-21-9-3-10-22-51)50-32-38-69-62(42-50)61-41-49(31-37-68(61)82-69)47-29-35-64-57(39-47)55-33-34-56-54-26-14-16-28-70(54)83-72(56)71(55)80(64)52-23-11-4-12-24-52/h1-44H. The number of rotatable bonds is 7. The van der Waals surface area contributed by atoms with Gasteiger partial charge in [-0.05, 0) is 119 Å². The van der Waals surface area contributed by atoms with Crippen molar-refractivity contribution in [2.45, 2.75) is 0 Å². The number of thiophene rings is 1. The van der Waals surface area contributed by atoms with Crippen molar-refractivity contribution in [2.24, 2.45) is 0 Å². The molecule has 0 saturated heterocycles. The van der Waals surface area contributed by atoms with E-state index in [4.69, 9.17) is 19.4 Å². The Labute approximate surface area is 478 Å². The number of nitrogens with zero attached hydrogens (tertiary/aromatic N) is 6. The summed E-state index contributed by atoms with van der Waals surface area (Å²) >= 11 is 1.88. The first-order chi connectivity index (χ1) is 41.1. The van der Waals surface area contributed by atoms with Gasteiger partial charge in [0.2, 0.25) is 5.95 Å². The molecule has 6 heterocycles. The van der Waals surface area contributed by atoms with Gasteiger partial charge in [-0.3, -0.25) is 4.57 Å². The Hall–Kier alpha value is -10.9. The van der Waals surface area contributed by atoms with Crippen LogP contribution in [-0.2, 0) is 0 Å². The fourth-order valence-corrected chi connectivity index (χ4v) is 14.3. The summed E-state index contributed by atoms with van der Waals surface area (Å²) in [6.45, 7) is 0. The number of furan rings is 1. The monoisotopic (exact) mass is 1080 g/mol. The van der Waals surface area contributed by atoms with E-state index < -0.39 is 0 Å². The molecule has 18 aromatic rings. The maximum Gasteiger partial charge on any atom is 0.238 e. The van der Waals surface area contributed by atoms with Crippen LogP contribution in [0.3, 0.4) is 0 Å². The molecule has 0 unspecified atom stereocenters. The van der Waals surface area contributed by atoms with Crippen LogP contribution in [0.25, 0.3) is 170 Å². The van der Waals surface area contributed by atoms with E-state index in [-0.39, 0.29) is 0 Å². The number of para-hydroxylation sites is 3. The third-order valence-electron chi connectivity index (χ3n) is 16.9. The second kappa shape index (κ2) is 17.8. The zero-order valence-electron chi connectivity index (χ0n) is 44.4. The number of fused-ring (bicyclic) bond motifs is 16. The van der Waals surface area contributed by atoms with Crippen molar-refractivity contribution in [3.63, 3.8) is 0 Å². The molecule has 83 heavy (non-hydrogen) atoms. The average Bonchev–Trinajstić information content (AvgIpc) is 3.36. The first-order valence-electron chi connectivity index (χ1n) is 28.0. The van der Waals surface area contributed by atoms with Gasteiger partial charge in [0, 0.05) is 81.1 Å². The predicted octanol–water partition coefficient (Wildman–Crippen LogP) is 20.1. The SMILES string of the molecule is c1ccc(-c2nc(-c3ccccc3)nc(-n3c4ccc(-c5ccc6oc7ccc(-c8ccc9c(c8)c8ccc%10c%11ccccc%11sc%10c8n9-c8ccccc8)cc7c6c5)cc4c4cc5c(cc43)c3ccccc3n5-c3ccccc3)n2)cc1. The highest BCUT2D eigenvalue weighted by atomic mass is 32.1. The van der Waals surface area contributed by atoms with Gasteiger partial charge < -0.3 is 13.6 Å². The van der Waals surface area contributed by atoms with Crippen LogP contribution in [0.4, 0.5) is 0 Å². The van der Waals surface area contributed by atoms with Gasteiger partial charge >= 0.3 is 0 Å². The van der Waals surface area contributed by atoms with Crippen LogP contribution in [0.5, 0.6) is 0 Å². The van der Waals surface area contributed by atoms with Crippen molar-refractivity contribution in [2.75, 3.05) is 0 Å². The van der Waals surface area contributed by atoms with Gasteiger partial charge in [-0.1, -0.05) is 170 Å². The van der Waals surface area contributed by atoms with E-state index in [0.717, 1.165) is 105 Å². The van der Waals surface area contributed by atoms with Gasteiger partial charge in [0.05, 0.1) is 37.8 Å². The average molecular weight is 1080 g/mol. The Morgan fingerprint density at radius 1 is 0.277 bits per heavy atom. The van der Waals surface area contributed by atoms with E-state index in [1.807, 2.05) is 47.7 Å². The summed E-state index contributed by atoms with van der Waals surface area (Å²) in [4.78, 5) is 15.7. The molecule has 0 amide bonds. The summed E-state index contributed by atoms with van der Waals surface area (Å²) < 4.78 is 16.3. The van der Waals surface area contributed by atoms with Gasteiger partial charge in [-0.2, -0.15) is 9.97 Å². The van der Waals surface area contributed by atoms with E-state index in [1.54, 1.807) is 0 Å². The summed E-state index contributed by atoms with van der Waals surface area (Å²) in [5.74, 6) is 1.77. The van der Waals surface area contributed by atoms with Gasteiger partial charge in [-0.15, -0.1) is 11.3 Å². The molecular formula is C75H44N6OS. The molecule has 12 aromatic carbocycles. The molecule has 8 heteroatoms. The number of hydrogen-bond acceptors (Lipinski definition) is 5. The molecular weight excluding hydrogens is 1030 g/mol. The first kappa shape index (κ1) is 45.9. The van der Waals surface area contributed by atoms with E-state index in [9.17, 15) is 0 Å². The zero-order valence-corrected chi connectivity index (χ0v) is 45.2. The van der Waals surface area contributed by atoms with Gasteiger partial charge in [0.1, 0.15) is 11.2 Å². The molecule has 0 bridgehead atoms. The highest BCUT2D eigenvalue weighted by Gasteiger charge is 2.24. The lowest BCUT2D eigenvalue weighted by Gasteiger charge is -2.11. The molecule has 0 fully saturated rings. The Morgan fingerprint density at radius 2 is 0.723 bits per heavy atom. The minimum absolute atomic E-state index is 0.549. The normalized spacial score (nSPS) is 12.1. The molecule has 0 radical (unpaired) electrons. The van der Waals surface area contributed by atoms with Gasteiger partial charge in [0.25, 0.3) is 0 Å². The van der Waals surface area contributed by atoms with Crippen molar-refractivity contribution in [3.8, 4) is 62.4 Å². The van der Waals surface area contributed by atoms with Gasteiger partial charge in [-0.25, -0.2) is 4.98 Å². The molecule has 0 N–H and O–H groups in total. The summed E-state index contributed by atoms with van der Waals surface area (Å²) in [5.41, 5.74) is 17.0. The number of benzene rings is 12. The van der Waals surface area contributed by atoms with Crippen LogP contribution >= 0.6 is 11.3 Å². The van der Waals surface area contributed by atoms with Crippen LogP contribution in [0.15, 0.2) is 271 Å². The van der Waals surface area contributed by atoms with Crippen molar-refractivity contribution >= 4 is 119 Å². The Morgan fingerprint density at radius 3 is 1.35 bits per heavy atom. The van der Waals surface area contributed by atoms with Crippen LogP contribution in [0.1, 0.15) is 0 Å². The van der Waals surface area contributed by atoms with Crippen molar-refractivity contribution < 1.29 is 4.42 Å². The maximum absolute atomic E-state index is 6.63. The summed E-state index contributed by atoms with van der Waals surface area (Å²) in [6, 6.07) is 95.7. The molecule has 0 spiro atoms. The molecule has 6 aromatic heterocycles. The van der Waals surface area contributed by atoms with Crippen LogP contribution in [0.2, 0.25) is 0 Å². The Balaban J connectivity index is 0.822. The third-order valence-corrected chi connectivity index (χ3v) is 18.1. The van der Waals surface area contributed by atoms with E-state index >= 15 is 0 Å². The Kier molecular flexibility index (Phi) is 9.83. The summed E-state index contributed by atoms with van der Waals surface area (Å²) in [7, 11) is 0. The maximum atomic E-state index is 6.63. The smallest absolute Gasteiger partial charge is 0.238 e. The number of hydrogen-bond donors (Lipinski definition) is 0. The molecule has 0 atom stereocenters. The second-order valence-electron chi connectivity index (χ2n) is 21.5. The first-order valence-corrected chi connectivity index (χ1v) is 28.8. The largest absolute Gasteiger partial charge is 0.456 e.